The van der Waals surface area contributed by atoms with Crippen LogP contribution in [0.2, 0.25) is 0 Å². The highest BCUT2D eigenvalue weighted by Crippen LogP contribution is 2.21. The smallest absolute Gasteiger partial charge is 0.238 e. The predicted octanol–water partition coefficient (Wildman–Crippen LogP) is 2.19. The van der Waals surface area contributed by atoms with E-state index in [0.717, 1.165) is 32.5 Å². The zero-order valence-corrected chi connectivity index (χ0v) is 11.3. The van der Waals surface area contributed by atoms with Crippen LogP contribution >= 0.6 is 15.9 Å². The molecule has 0 saturated carbocycles. The minimum atomic E-state index is -0.471. The van der Waals surface area contributed by atoms with E-state index < -0.39 is 4.32 Å². The second-order valence-electron chi connectivity index (χ2n) is 4.45. The largest absolute Gasteiger partial charge is 0.376 e. The van der Waals surface area contributed by atoms with Gasteiger partial charge in [-0.15, -0.1) is 0 Å². The third-order valence-electron chi connectivity index (χ3n) is 2.63. The minimum absolute atomic E-state index is 0.139. The van der Waals surface area contributed by atoms with Crippen molar-refractivity contribution < 1.29 is 9.53 Å². The highest BCUT2D eigenvalue weighted by Gasteiger charge is 2.30. The average molecular weight is 278 g/mol. The monoisotopic (exact) mass is 277 g/mol. The van der Waals surface area contributed by atoms with Gasteiger partial charge in [-0.3, -0.25) is 4.79 Å². The van der Waals surface area contributed by atoms with Crippen molar-refractivity contribution in [1.82, 2.24) is 4.90 Å². The van der Waals surface area contributed by atoms with Gasteiger partial charge in [0.15, 0.2) is 0 Å². The van der Waals surface area contributed by atoms with Crippen molar-refractivity contribution >= 4 is 21.8 Å². The minimum Gasteiger partial charge on any atom is -0.376 e. The normalized spacial score (nSPS) is 21.7. The fourth-order valence-electron chi connectivity index (χ4n) is 1.77. The number of alkyl halides is 1. The Hall–Kier alpha value is -0.0900. The summed E-state index contributed by atoms with van der Waals surface area (Å²) in [6, 6.07) is 0. The first kappa shape index (κ1) is 13.0. The molecule has 1 heterocycles. The molecule has 0 N–H and O–H groups in total. The lowest BCUT2D eigenvalue weighted by Crippen LogP contribution is -2.44. The zero-order chi connectivity index (χ0) is 11.5. The van der Waals surface area contributed by atoms with Crippen molar-refractivity contribution in [2.24, 2.45) is 0 Å². The van der Waals surface area contributed by atoms with Gasteiger partial charge in [-0.25, -0.2) is 0 Å². The summed E-state index contributed by atoms with van der Waals surface area (Å²) in [5.74, 6) is 0.139. The molecule has 1 aliphatic rings. The molecular weight excluding hydrogens is 258 g/mol. The lowest BCUT2D eigenvalue weighted by Gasteiger charge is -2.29. The molecule has 3 nitrogen and oxygen atoms in total. The van der Waals surface area contributed by atoms with Gasteiger partial charge in [-0.05, 0) is 33.6 Å². The lowest BCUT2D eigenvalue weighted by atomic mass is 10.1. The molecule has 0 aromatic carbocycles. The van der Waals surface area contributed by atoms with E-state index >= 15 is 0 Å². The van der Waals surface area contributed by atoms with E-state index in [4.69, 9.17) is 4.74 Å². The Balaban J connectivity index is 2.51. The van der Waals surface area contributed by atoms with Crippen LogP contribution in [0.1, 0.15) is 33.6 Å². The van der Waals surface area contributed by atoms with Gasteiger partial charge in [0, 0.05) is 19.7 Å². The number of rotatable bonds is 4. The maximum atomic E-state index is 12.0. The van der Waals surface area contributed by atoms with Gasteiger partial charge < -0.3 is 9.64 Å². The number of halogens is 1. The van der Waals surface area contributed by atoms with Gasteiger partial charge in [0.2, 0.25) is 5.91 Å². The maximum absolute atomic E-state index is 12.0. The van der Waals surface area contributed by atoms with Crippen LogP contribution in [0.4, 0.5) is 0 Å². The molecule has 88 valence electrons. The number of likely N-dealkylation sites (N-methyl/N-ethyl adjacent to an activating group) is 1. The summed E-state index contributed by atoms with van der Waals surface area (Å²) in [6.45, 7) is 8.08. The van der Waals surface area contributed by atoms with Crippen LogP contribution in [0.15, 0.2) is 0 Å². The van der Waals surface area contributed by atoms with Gasteiger partial charge in [-0.2, -0.15) is 0 Å². The highest BCUT2D eigenvalue weighted by molar-refractivity contribution is 9.10. The van der Waals surface area contributed by atoms with Crippen molar-refractivity contribution in [2.75, 3.05) is 19.7 Å². The summed E-state index contributed by atoms with van der Waals surface area (Å²) in [6.07, 6.45) is 2.43. The van der Waals surface area contributed by atoms with E-state index in [9.17, 15) is 4.79 Å². The number of hydrogen-bond donors (Lipinski definition) is 0. The molecule has 1 atom stereocenters. The topological polar surface area (TPSA) is 29.5 Å². The highest BCUT2D eigenvalue weighted by atomic mass is 79.9. The van der Waals surface area contributed by atoms with E-state index in [2.05, 4.69) is 15.9 Å². The molecule has 1 rings (SSSR count). The molecule has 0 spiro atoms. The van der Waals surface area contributed by atoms with Crippen LogP contribution in [0, 0.1) is 0 Å². The first-order valence-corrected chi connectivity index (χ1v) is 6.34. The van der Waals surface area contributed by atoms with Crippen LogP contribution in [-0.2, 0) is 9.53 Å². The number of ether oxygens (including phenoxy) is 1. The Morgan fingerprint density at radius 3 is 2.67 bits per heavy atom. The van der Waals surface area contributed by atoms with E-state index in [1.165, 1.54) is 0 Å². The molecule has 4 heteroatoms. The van der Waals surface area contributed by atoms with E-state index in [0.29, 0.717) is 0 Å². The molecule has 0 bridgehead atoms. The summed E-state index contributed by atoms with van der Waals surface area (Å²) in [5.41, 5.74) is 0. The second-order valence-corrected chi connectivity index (χ2v) is 6.43. The third-order valence-corrected chi connectivity index (χ3v) is 2.96. The number of nitrogens with zero attached hydrogens (tertiary/aromatic N) is 1. The molecule has 15 heavy (non-hydrogen) atoms. The second kappa shape index (κ2) is 5.30. The Bertz CT molecular complexity index is 219. The third kappa shape index (κ3) is 3.76. The Morgan fingerprint density at radius 2 is 2.27 bits per heavy atom. The Labute approximate surface area is 100 Å². The average Bonchev–Trinajstić information content (AvgIpc) is 2.64. The lowest BCUT2D eigenvalue weighted by molar-refractivity contribution is -0.134. The first-order chi connectivity index (χ1) is 6.95. The van der Waals surface area contributed by atoms with E-state index in [1.807, 2.05) is 25.7 Å². The van der Waals surface area contributed by atoms with Crippen molar-refractivity contribution in [3.8, 4) is 0 Å². The fraction of sp³-hybridized carbons (Fsp3) is 0.909. The van der Waals surface area contributed by atoms with Crippen molar-refractivity contribution in [3.63, 3.8) is 0 Å². The molecule has 1 aliphatic heterocycles. The molecule has 1 amide bonds. The van der Waals surface area contributed by atoms with Crippen LogP contribution in [-0.4, -0.2) is 40.9 Å². The van der Waals surface area contributed by atoms with Gasteiger partial charge in [-0.1, -0.05) is 15.9 Å². The standard InChI is InChI=1S/C11H20BrNO2/c1-4-13(10(14)11(2,3)12)8-9-6-5-7-15-9/h9H,4-8H2,1-3H3. The van der Waals surface area contributed by atoms with Gasteiger partial charge in [0.05, 0.1) is 10.4 Å². The molecule has 0 aliphatic carbocycles. The van der Waals surface area contributed by atoms with Crippen LogP contribution in [0.3, 0.4) is 0 Å². The molecule has 0 radical (unpaired) electrons. The van der Waals surface area contributed by atoms with Gasteiger partial charge >= 0.3 is 0 Å². The summed E-state index contributed by atoms with van der Waals surface area (Å²) in [4.78, 5) is 13.9. The Morgan fingerprint density at radius 1 is 1.60 bits per heavy atom. The van der Waals surface area contributed by atoms with Crippen LogP contribution in [0.5, 0.6) is 0 Å². The van der Waals surface area contributed by atoms with Gasteiger partial charge in [0.1, 0.15) is 0 Å². The summed E-state index contributed by atoms with van der Waals surface area (Å²) in [5, 5.41) is 0. The van der Waals surface area contributed by atoms with Crippen LogP contribution < -0.4 is 0 Å². The van der Waals surface area contributed by atoms with Crippen molar-refractivity contribution in [2.45, 2.75) is 44.0 Å². The molecule has 1 unspecified atom stereocenters. The summed E-state index contributed by atoms with van der Waals surface area (Å²) < 4.78 is 5.07. The van der Waals surface area contributed by atoms with Crippen molar-refractivity contribution in [3.05, 3.63) is 0 Å². The number of hydrogen-bond acceptors (Lipinski definition) is 2. The zero-order valence-electron chi connectivity index (χ0n) is 9.75. The Kier molecular flexibility index (Phi) is 4.59. The van der Waals surface area contributed by atoms with E-state index in [1.54, 1.807) is 0 Å². The molecule has 1 saturated heterocycles. The maximum Gasteiger partial charge on any atom is 0.238 e. The summed E-state index contributed by atoms with van der Waals surface area (Å²) >= 11 is 3.40. The molecule has 1 fully saturated rings. The van der Waals surface area contributed by atoms with Crippen LogP contribution in [0.25, 0.3) is 0 Å². The predicted molar refractivity (Wildman–Crippen MR) is 64.2 cm³/mol. The molecule has 0 aromatic heterocycles. The first-order valence-electron chi connectivity index (χ1n) is 5.55. The SMILES string of the molecule is CCN(CC1CCCO1)C(=O)C(C)(C)Br. The van der Waals surface area contributed by atoms with Gasteiger partial charge in [0.25, 0.3) is 0 Å². The number of amides is 1. The van der Waals surface area contributed by atoms with Crippen molar-refractivity contribution in [1.29, 1.82) is 0 Å². The van der Waals surface area contributed by atoms with E-state index in [-0.39, 0.29) is 12.0 Å². The molecular formula is C11H20BrNO2. The summed E-state index contributed by atoms with van der Waals surface area (Å²) in [7, 11) is 0. The molecule has 0 aromatic rings. The number of carbonyl (C=O) groups excluding carboxylic acids is 1. The fourth-order valence-corrected chi connectivity index (χ4v) is 2.02. The number of carbonyl (C=O) groups is 1. The quantitative estimate of drug-likeness (QED) is 0.738.